The third kappa shape index (κ3) is 4.17. The van der Waals surface area contributed by atoms with Gasteiger partial charge in [-0.2, -0.15) is 0 Å². The van der Waals surface area contributed by atoms with E-state index in [1.54, 1.807) is 37.3 Å². The van der Waals surface area contributed by atoms with Crippen molar-refractivity contribution in [1.82, 2.24) is 5.32 Å². The predicted molar refractivity (Wildman–Crippen MR) is 99.5 cm³/mol. The van der Waals surface area contributed by atoms with Gasteiger partial charge < -0.3 is 10.4 Å². The Morgan fingerprint density at radius 1 is 0.923 bits per heavy atom. The molecule has 2 N–H and O–H groups in total. The van der Waals surface area contributed by atoms with Crippen LogP contribution in [-0.4, -0.2) is 28.8 Å². The lowest BCUT2D eigenvalue weighted by Crippen LogP contribution is -2.40. The van der Waals surface area contributed by atoms with Gasteiger partial charge in [-0.25, -0.2) is 0 Å². The molecule has 0 saturated heterocycles. The van der Waals surface area contributed by atoms with Crippen LogP contribution in [0, 0.1) is 19.8 Å². The van der Waals surface area contributed by atoms with Crippen molar-refractivity contribution >= 4 is 17.7 Å². The zero-order valence-electron chi connectivity index (χ0n) is 15.4. The van der Waals surface area contributed by atoms with Crippen molar-refractivity contribution in [2.45, 2.75) is 33.7 Å². The molecule has 0 aliphatic rings. The average Bonchev–Trinajstić information content (AvgIpc) is 2.62. The van der Waals surface area contributed by atoms with E-state index in [4.69, 9.17) is 5.11 Å². The van der Waals surface area contributed by atoms with Crippen LogP contribution < -0.4 is 5.32 Å². The van der Waals surface area contributed by atoms with E-state index in [0.29, 0.717) is 11.1 Å². The highest BCUT2D eigenvalue weighted by atomic mass is 16.4. The van der Waals surface area contributed by atoms with E-state index >= 15 is 0 Å². The fourth-order valence-electron chi connectivity index (χ4n) is 2.54. The summed E-state index contributed by atoms with van der Waals surface area (Å²) in [5, 5.41) is 11.7. The molecule has 0 radical (unpaired) electrons. The van der Waals surface area contributed by atoms with Gasteiger partial charge in [0.25, 0.3) is 5.91 Å². The first-order valence-electron chi connectivity index (χ1n) is 8.47. The minimum absolute atomic E-state index is 0.236. The number of carbonyl (C=O) groups is 3. The number of ketones is 1. The van der Waals surface area contributed by atoms with E-state index in [1.165, 1.54) is 6.92 Å². The molecule has 2 aromatic carbocycles. The van der Waals surface area contributed by atoms with Crippen LogP contribution in [0.3, 0.4) is 0 Å². The summed E-state index contributed by atoms with van der Waals surface area (Å²) >= 11 is 0. The second kappa shape index (κ2) is 7.95. The van der Waals surface area contributed by atoms with Gasteiger partial charge >= 0.3 is 5.97 Å². The highest BCUT2D eigenvalue weighted by Crippen LogP contribution is 2.18. The molecule has 0 heterocycles. The fourth-order valence-corrected chi connectivity index (χ4v) is 2.54. The summed E-state index contributed by atoms with van der Waals surface area (Å²) in [5.74, 6) is -2.42. The molecule has 136 valence electrons. The first-order valence-corrected chi connectivity index (χ1v) is 8.47. The van der Waals surface area contributed by atoms with Gasteiger partial charge in [0, 0.05) is 17.2 Å². The monoisotopic (exact) mass is 353 g/mol. The lowest BCUT2D eigenvalue weighted by Gasteiger charge is -2.18. The van der Waals surface area contributed by atoms with E-state index in [-0.39, 0.29) is 11.3 Å². The van der Waals surface area contributed by atoms with Gasteiger partial charge in [-0.05, 0) is 51.0 Å². The smallest absolute Gasteiger partial charge is 0.308 e. The standard InChI is InChI=1S/C21H23NO4/c1-12-9-10-16(11-13(12)2)19(23)17-7-5-6-8-18(17)20(24)22-15(4)14(3)21(25)26/h5-11,14-15H,1-4H3,(H,22,24)(H,25,26). The molecule has 2 aromatic rings. The lowest BCUT2D eigenvalue weighted by molar-refractivity contribution is -0.141. The van der Waals surface area contributed by atoms with Crippen molar-refractivity contribution < 1.29 is 19.5 Å². The number of carboxylic acid groups (broad SMARTS) is 1. The van der Waals surface area contributed by atoms with Crippen molar-refractivity contribution in [1.29, 1.82) is 0 Å². The molecule has 0 saturated carbocycles. The Hall–Kier alpha value is -2.95. The predicted octanol–water partition coefficient (Wildman–Crippen LogP) is 3.37. The summed E-state index contributed by atoms with van der Waals surface area (Å²) in [6.07, 6.45) is 0. The Morgan fingerprint density at radius 2 is 1.54 bits per heavy atom. The zero-order valence-corrected chi connectivity index (χ0v) is 15.4. The normalized spacial score (nSPS) is 12.9. The van der Waals surface area contributed by atoms with Crippen molar-refractivity contribution in [3.63, 3.8) is 0 Å². The van der Waals surface area contributed by atoms with Crippen molar-refractivity contribution in [3.05, 3.63) is 70.3 Å². The molecule has 1 amide bonds. The maximum atomic E-state index is 12.9. The van der Waals surface area contributed by atoms with Crippen LogP contribution in [-0.2, 0) is 4.79 Å². The van der Waals surface area contributed by atoms with Crippen LogP contribution in [0.25, 0.3) is 0 Å². The van der Waals surface area contributed by atoms with Gasteiger partial charge in [0.05, 0.1) is 11.5 Å². The lowest BCUT2D eigenvalue weighted by atomic mass is 9.95. The number of carboxylic acids is 1. The van der Waals surface area contributed by atoms with Gasteiger partial charge in [0.15, 0.2) is 5.78 Å². The first-order chi connectivity index (χ1) is 12.2. The molecule has 0 bridgehead atoms. The molecule has 0 aromatic heterocycles. The summed E-state index contributed by atoms with van der Waals surface area (Å²) in [6, 6.07) is 11.4. The maximum absolute atomic E-state index is 12.9. The molecule has 0 aliphatic carbocycles. The average molecular weight is 353 g/mol. The minimum atomic E-state index is -0.989. The highest BCUT2D eigenvalue weighted by molar-refractivity contribution is 6.15. The minimum Gasteiger partial charge on any atom is -0.481 e. The van der Waals surface area contributed by atoms with Crippen LogP contribution in [0.5, 0.6) is 0 Å². The number of hydrogen-bond acceptors (Lipinski definition) is 3. The Balaban J connectivity index is 2.32. The molecule has 2 rings (SSSR count). The molecule has 2 unspecified atom stereocenters. The number of nitrogens with one attached hydrogen (secondary N) is 1. The van der Waals surface area contributed by atoms with Crippen molar-refractivity contribution in [2.24, 2.45) is 5.92 Å². The summed E-state index contributed by atoms with van der Waals surface area (Å²) in [4.78, 5) is 36.6. The van der Waals surface area contributed by atoms with Crippen LogP contribution in [0.2, 0.25) is 0 Å². The Bertz CT molecular complexity index is 857. The van der Waals surface area contributed by atoms with Gasteiger partial charge in [-0.15, -0.1) is 0 Å². The molecule has 5 nitrogen and oxygen atoms in total. The second-order valence-electron chi connectivity index (χ2n) is 6.56. The van der Waals surface area contributed by atoms with Crippen LogP contribution in [0.4, 0.5) is 0 Å². The maximum Gasteiger partial charge on any atom is 0.308 e. The van der Waals surface area contributed by atoms with Crippen molar-refractivity contribution in [3.8, 4) is 0 Å². The molecular weight excluding hydrogens is 330 g/mol. The van der Waals surface area contributed by atoms with Crippen molar-refractivity contribution in [2.75, 3.05) is 0 Å². The quantitative estimate of drug-likeness (QED) is 0.780. The number of carbonyl (C=O) groups excluding carboxylic acids is 2. The Kier molecular flexibility index (Phi) is 5.93. The van der Waals surface area contributed by atoms with Gasteiger partial charge in [-0.1, -0.05) is 30.3 Å². The third-order valence-electron chi connectivity index (χ3n) is 4.68. The van der Waals surface area contributed by atoms with E-state index in [1.807, 2.05) is 26.0 Å². The number of aliphatic carboxylic acids is 1. The second-order valence-corrected chi connectivity index (χ2v) is 6.56. The van der Waals surface area contributed by atoms with Crippen LogP contribution in [0.1, 0.15) is 51.3 Å². The number of amides is 1. The molecule has 0 spiro atoms. The van der Waals surface area contributed by atoms with Crippen LogP contribution in [0.15, 0.2) is 42.5 Å². The summed E-state index contributed by atoms with van der Waals surface area (Å²) in [7, 11) is 0. The number of aryl methyl sites for hydroxylation is 2. The Morgan fingerprint density at radius 3 is 2.12 bits per heavy atom. The molecule has 0 fully saturated rings. The number of hydrogen-bond donors (Lipinski definition) is 2. The van der Waals surface area contributed by atoms with E-state index < -0.39 is 23.8 Å². The van der Waals surface area contributed by atoms with E-state index in [2.05, 4.69) is 5.32 Å². The van der Waals surface area contributed by atoms with E-state index in [0.717, 1.165) is 11.1 Å². The zero-order chi connectivity index (χ0) is 19.4. The molecule has 2 atom stereocenters. The van der Waals surface area contributed by atoms with Gasteiger partial charge in [0.2, 0.25) is 0 Å². The number of benzene rings is 2. The first kappa shape index (κ1) is 19.4. The molecular formula is C21H23NO4. The molecule has 5 heteroatoms. The molecule has 26 heavy (non-hydrogen) atoms. The van der Waals surface area contributed by atoms with Gasteiger partial charge in [-0.3, -0.25) is 14.4 Å². The van der Waals surface area contributed by atoms with Gasteiger partial charge in [0.1, 0.15) is 0 Å². The fraction of sp³-hybridized carbons (Fsp3) is 0.286. The topological polar surface area (TPSA) is 83.5 Å². The highest BCUT2D eigenvalue weighted by Gasteiger charge is 2.24. The van der Waals surface area contributed by atoms with Crippen LogP contribution >= 0.6 is 0 Å². The Labute approximate surface area is 153 Å². The SMILES string of the molecule is Cc1ccc(C(=O)c2ccccc2C(=O)NC(C)C(C)C(=O)O)cc1C. The van der Waals surface area contributed by atoms with E-state index in [9.17, 15) is 14.4 Å². The summed E-state index contributed by atoms with van der Waals surface area (Å²) < 4.78 is 0. The largest absolute Gasteiger partial charge is 0.481 e. The summed E-state index contributed by atoms with van der Waals surface area (Å²) in [6.45, 7) is 7.06. The third-order valence-corrected chi connectivity index (χ3v) is 4.68. The number of rotatable bonds is 6. The summed E-state index contributed by atoms with van der Waals surface area (Å²) in [5.41, 5.74) is 3.13. The molecule has 0 aliphatic heterocycles.